The molecule has 1 aromatic carbocycles. The Morgan fingerprint density at radius 3 is 2.08 bits per heavy atom. The fourth-order valence-corrected chi connectivity index (χ4v) is 3.61. The molecule has 3 amide bonds. The number of imide groups is 1. The first-order chi connectivity index (χ1) is 17.5. The van der Waals surface area contributed by atoms with Crippen molar-refractivity contribution >= 4 is 17.7 Å². The smallest absolute Gasteiger partial charge is 0.326 e. The van der Waals surface area contributed by atoms with E-state index in [-0.39, 0.29) is 63.5 Å². The van der Waals surface area contributed by atoms with Gasteiger partial charge in [-0.25, -0.2) is 0 Å². The number of fused-ring (bicyclic) bond motifs is 1. The molecule has 188 valence electrons. The highest BCUT2D eigenvalue weighted by molar-refractivity contribution is 6.22. The molecule has 1 saturated heterocycles. The van der Waals surface area contributed by atoms with Crippen LogP contribution in [0.25, 0.3) is 0 Å². The van der Waals surface area contributed by atoms with Gasteiger partial charge in [0.1, 0.15) is 32.5 Å². The van der Waals surface area contributed by atoms with Crippen molar-refractivity contribution in [3.8, 4) is 18.0 Å². The highest BCUT2D eigenvalue weighted by Crippen LogP contribution is 2.22. The second-order valence-electron chi connectivity index (χ2n) is 7.77. The summed E-state index contributed by atoms with van der Waals surface area (Å²) in [4.78, 5) is 52.8. The van der Waals surface area contributed by atoms with Crippen LogP contribution in [-0.2, 0) is 9.53 Å². The summed E-state index contributed by atoms with van der Waals surface area (Å²) in [7, 11) is 0. The van der Waals surface area contributed by atoms with Gasteiger partial charge in [0.25, 0.3) is 11.8 Å². The molecule has 0 radical (unpaired) electrons. The van der Waals surface area contributed by atoms with Gasteiger partial charge in [-0.15, -0.1) is 15.0 Å². The van der Waals surface area contributed by atoms with Crippen molar-refractivity contribution in [3.05, 3.63) is 60.7 Å². The summed E-state index contributed by atoms with van der Waals surface area (Å²) >= 11 is 0. The molecule has 1 fully saturated rings. The summed E-state index contributed by atoms with van der Waals surface area (Å²) in [5, 5.41) is 0. The number of ether oxygens (including phenoxy) is 4. The average Bonchev–Trinajstić information content (AvgIpc) is 3.14. The molecule has 1 atom stereocenters. The van der Waals surface area contributed by atoms with Crippen LogP contribution in [0.2, 0.25) is 0 Å². The van der Waals surface area contributed by atoms with Crippen LogP contribution in [0, 0.1) is 0 Å². The molecule has 12 heteroatoms. The lowest BCUT2D eigenvalue weighted by Gasteiger charge is -2.33. The van der Waals surface area contributed by atoms with Crippen molar-refractivity contribution in [1.29, 1.82) is 0 Å². The molecular formula is C24H25N5O7. The van der Waals surface area contributed by atoms with Crippen LogP contribution >= 0.6 is 0 Å². The molecule has 0 bridgehead atoms. The van der Waals surface area contributed by atoms with E-state index in [4.69, 9.17) is 18.9 Å². The number of hydrogen-bond donors (Lipinski definition) is 0. The van der Waals surface area contributed by atoms with Crippen LogP contribution in [0.4, 0.5) is 0 Å². The Labute approximate surface area is 207 Å². The van der Waals surface area contributed by atoms with E-state index in [1.54, 1.807) is 24.3 Å². The van der Waals surface area contributed by atoms with Crippen LogP contribution in [-0.4, -0.2) is 94.6 Å². The molecule has 36 heavy (non-hydrogen) atoms. The number of nitrogens with zero attached hydrogens (tertiary/aromatic N) is 5. The van der Waals surface area contributed by atoms with Crippen molar-refractivity contribution < 1.29 is 33.3 Å². The van der Waals surface area contributed by atoms with Gasteiger partial charge in [-0.1, -0.05) is 37.4 Å². The topological polar surface area (TPSA) is 133 Å². The van der Waals surface area contributed by atoms with Gasteiger partial charge in [0, 0.05) is 6.54 Å². The second kappa shape index (κ2) is 11.4. The van der Waals surface area contributed by atoms with E-state index in [9.17, 15) is 14.4 Å². The molecule has 0 aliphatic carbocycles. The minimum absolute atomic E-state index is 0.00118. The first-order valence-electron chi connectivity index (χ1n) is 11.2. The maximum atomic E-state index is 12.9. The first kappa shape index (κ1) is 24.8. The van der Waals surface area contributed by atoms with E-state index in [2.05, 4.69) is 28.1 Å². The van der Waals surface area contributed by atoms with Gasteiger partial charge in [-0.05, 0) is 12.1 Å². The van der Waals surface area contributed by atoms with Gasteiger partial charge in [0.15, 0.2) is 0 Å². The Morgan fingerprint density at radius 1 is 0.972 bits per heavy atom. The third kappa shape index (κ3) is 5.66. The zero-order chi connectivity index (χ0) is 25.5. The van der Waals surface area contributed by atoms with Crippen molar-refractivity contribution in [3.63, 3.8) is 0 Å². The zero-order valence-corrected chi connectivity index (χ0v) is 19.5. The predicted molar refractivity (Wildman–Crippen MR) is 125 cm³/mol. The molecule has 0 N–H and O–H groups in total. The van der Waals surface area contributed by atoms with Crippen LogP contribution in [0.3, 0.4) is 0 Å². The second-order valence-corrected chi connectivity index (χ2v) is 7.77. The molecule has 12 nitrogen and oxygen atoms in total. The van der Waals surface area contributed by atoms with Gasteiger partial charge < -0.3 is 23.8 Å². The summed E-state index contributed by atoms with van der Waals surface area (Å²) in [5.74, 6) is -1.31. The molecule has 1 aromatic heterocycles. The first-order valence-corrected chi connectivity index (χ1v) is 11.2. The summed E-state index contributed by atoms with van der Waals surface area (Å²) in [6, 6.07) is 6.47. The molecule has 2 aromatic rings. The molecule has 0 saturated carbocycles. The minimum Gasteiger partial charge on any atom is -0.460 e. The summed E-state index contributed by atoms with van der Waals surface area (Å²) in [5.41, 5.74) is 0.600. The third-order valence-electron chi connectivity index (χ3n) is 5.30. The zero-order valence-electron chi connectivity index (χ0n) is 19.5. The number of morpholine rings is 1. The van der Waals surface area contributed by atoms with E-state index >= 15 is 0 Å². The number of aromatic nitrogens is 3. The summed E-state index contributed by atoms with van der Waals surface area (Å²) in [6.07, 6.45) is 2.59. The number of rotatable bonds is 11. The van der Waals surface area contributed by atoms with Crippen molar-refractivity contribution in [2.75, 3.05) is 46.1 Å². The number of amides is 3. The molecule has 3 heterocycles. The third-order valence-corrected chi connectivity index (χ3v) is 5.30. The van der Waals surface area contributed by atoms with E-state index < -0.39 is 17.9 Å². The normalized spacial score (nSPS) is 16.9. The van der Waals surface area contributed by atoms with Crippen molar-refractivity contribution in [2.45, 2.75) is 6.10 Å². The number of benzene rings is 1. The van der Waals surface area contributed by atoms with Gasteiger partial charge in [0.2, 0.25) is 5.91 Å². The Bertz CT molecular complexity index is 1110. The lowest BCUT2D eigenvalue weighted by molar-refractivity contribution is -0.140. The monoisotopic (exact) mass is 495 g/mol. The highest BCUT2D eigenvalue weighted by atomic mass is 16.6. The van der Waals surface area contributed by atoms with E-state index in [0.29, 0.717) is 17.7 Å². The predicted octanol–water partition coefficient (Wildman–Crippen LogP) is 0.904. The standard InChI is InChI=1S/C24H25N5O7/c1-3-10-34-22-25-23(35-11-4-2)27-24(26-22)36-15-16-13-28(9-12-33-16)19(30)14-29-20(31)17-7-5-6-8-18(17)21(29)32/h3-8,16H,1-2,9-15H2. The fourth-order valence-electron chi connectivity index (χ4n) is 3.61. The summed E-state index contributed by atoms with van der Waals surface area (Å²) in [6.45, 7) is 7.99. The Morgan fingerprint density at radius 2 is 1.53 bits per heavy atom. The molecule has 2 aliphatic rings. The van der Waals surface area contributed by atoms with E-state index in [1.807, 2.05) is 0 Å². The molecule has 2 aliphatic heterocycles. The maximum absolute atomic E-state index is 12.9. The Balaban J connectivity index is 1.35. The van der Waals surface area contributed by atoms with Crippen LogP contribution in [0.1, 0.15) is 20.7 Å². The minimum atomic E-state index is -0.489. The van der Waals surface area contributed by atoms with Gasteiger partial charge >= 0.3 is 18.0 Å². The Hall–Kier alpha value is -4.32. The van der Waals surface area contributed by atoms with E-state index in [1.165, 1.54) is 17.1 Å². The molecule has 4 rings (SSSR count). The Kier molecular flexibility index (Phi) is 7.85. The summed E-state index contributed by atoms with van der Waals surface area (Å²) < 4.78 is 22.1. The number of hydrogen-bond acceptors (Lipinski definition) is 10. The van der Waals surface area contributed by atoms with Crippen LogP contribution in [0.5, 0.6) is 18.0 Å². The van der Waals surface area contributed by atoms with Gasteiger partial charge in [-0.3, -0.25) is 19.3 Å². The average molecular weight is 495 g/mol. The number of carbonyl (C=O) groups excluding carboxylic acids is 3. The van der Waals surface area contributed by atoms with E-state index in [0.717, 1.165) is 4.90 Å². The lowest BCUT2D eigenvalue weighted by atomic mass is 10.1. The SMILES string of the molecule is C=CCOc1nc(OCC=C)nc(OCC2CN(C(=O)CN3C(=O)c4ccccc4C3=O)CCO2)n1. The molecule has 1 unspecified atom stereocenters. The van der Waals surface area contributed by atoms with Gasteiger partial charge in [0.05, 0.1) is 24.3 Å². The maximum Gasteiger partial charge on any atom is 0.326 e. The van der Waals surface area contributed by atoms with Crippen LogP contribution < -0.4 is 14.2 Å². The lowest BCUT2D eigenvalue weighted by Crippen LogP contribution is -2.51. The van der Waals surface area contributed by atoms with Crippen LogP contribution in [0.15, 0.2) is 49.6 Å². The fraction of sp³-hybridized carbons (Fsp3) is 0.333. The largest absolute Gasteiger partial charge is 0.460 e. The number of carbonyl (C=O) groups is 3. The quantitative estimate of drug-likeness (QED) is 0.327. The van der Waals surface area contributed by atoms with Crippen molar-refractivity contribution in [2.24, 2.45) is 0 Å². The van der Waals surface area contributed by atoms with Gasteiger partial charge in [-0.2, -0.15) is 0 Å². The molecular weight excluding hydrogens is 470 g/mol. The highest BCUT2D eigenvalue weighted by Gasteiger charge is 2.37. The van der Waals surface area contributed by atoms with Crippen molar-refractivity contribution in [1.82, 2.24) is 24.8 Å². The molecule has 0 spiro atoms.